The van der Waals surface area contributed by atoms with Crippen LogP contribution in [-0.4, -0.2) is 56.9 Å². The van der Waals surface area contributed by atoms with Gasteiger partial charge in [0.2, 0.25) is 0 Å². The standard InChI is InChI=1S/C18H27Cl2N3O2.HI/c1-3-24-15-7-10-23(11-8-15)18(21-2)22-9-4-12-25-17-6-5-14(19)13-16(17)20;/h5-6,13,15H,3-4,7-12H2,1-2H3,(H,21,22);1H. The number of nitrogens with zero attached hydrogens (tertiary/aromatic N) is 2. The first-order valence-corrected chi connectivity index (χ1v) is 9.54. The fourth-order valence-electron chi connectivity index (χ4n) is 2.85. The van der Waals surface area contributed by atoms with E-state index >= 15 is 0 Å². The van der Waals surface area contributed by atoms with E-state index in [-0.39, 0.29) is 24.0 Å². The maximum Gasteiger partial charge on any atom is 0.193 e. The molecule has 1 N–H and O–H groups in total. The van der Waals surface area contributed by atoms with Gasteiger partial charge in [0.1, 0.15) is 5.75 Å². The van der Waals surface area contributed by atoms with Crippen molar-refractivity contribution in [1.82, 2.24) is 10.2 Å². The minimum atomic E-state index is 0. The van der Waals surface area contributed by atoms with Crippen molar-refractivity contribution < 1.29 is 9.47 Å². The Bertz CT molecular complexity index is 567. The van der Waals surface area contributed by atoms with Crippen LogP contribution in [0, 0.1) is 0 Å². The van der Waals surface area contributed by atoms with Gasteiger partial charge < -0.3 is 19.7 Å². The van der Waals surface area contributed by atoms with Gasteiger partial charge in [-0.2, -0.15) is 0 Å². The van der Waals surface area contributed by atoms with Crippen LogP contribution in [0.2, 0.25) is 10.0 Å². The SMILES string of the molecule is CCOC1CCN(C(=NC)NCCCOc2ccc(Cl)cc2Cl)CC1.I. The fraction of sp³-hybridized carbons (Fsp3) is 0.611. The Balaban J connectivity index is 0.00000338. The topological polar surface area (TPSA) is 46.1 Å². The molecule has 0 unspecified atom stereocenters. The quantitative estimate of drug-likeness (QED) is 0.252. The summed E-state index contributed by atoms with van der Waals surface area (Å²) in [6.45, 7) is 6.16. The van der Waals surface area contributed by atoms with Crippen molar-refractivity contribution in [2.24, 2.45) is 4.99 Å². The molecule has 8 heteroatoms. The normalized spacial score (nSPS) is 15.5. The molecule has 0 saturated carbocycles. The number of likely N-dealkylation sites (tertiary alicyclic amines) is 1. The predicted octanol–water partition coefficient (Wildman–Crippen LogP) is 4.46. The Labute approximate surface area is 183 Å². The van der Waals surface area contributed by atoms with Crippen molar-refractivity contribution in [3.8, 4) is 5.75 Å². The molecular formula is C18H28Cl2IN3O2. The van der Waals surface area contributed by atoms with Crippen LogP contribution in [0.4, 0.5) is 0 Å². The lowest BCUT2D eigenvalue weighted by Crippen LogP contribution is -2.47. The highest BCUT2D eigenvalue weighted by Crippen LogP contribution is 2.27. The predicted molar refractivity (Wildman–Crippen MR) is 120 cm³/mol. The van der Waals surface area contributed by atoms with Crippen LogP contribution in [0.25, 0.3) is 0 Å². The van der Waals surface area contributed by atoms with Crippen LogP contribution in [0.1, 0.15) is 26.2 Å². The van der Waals surface area contributed by atoms with Gasteiger partial charge in [0, 0.05) is 38.3 Å². The third kappa shape index (κ3) is 7.66. The second kappa shape index (κ2) is 12.9. The van der Waals surface area contributed by atoms with Crippen molar-refractivity contribution in [3.05, 3.63) is 28.2 Å². The zero-order valence-electron chi connectivity index (χ0n) is 15.3. The number of hydrogen-bond acceptors (Lipinski definition) is 3. The molecule has 1 heterocycles. The monoisotopic (exact) mass is 515 g/mol. The molecule has 26 heavy (non-hydrogen) atoms. The number of nitrogens with one attached hydrogen (secondary N) is 1. The van der Waals surface area contributed by atoms with Crippen molar-refractivity contribution in [3.63, 3.8) is 0 Å². The summed E-state index contributed by atoms with van der Waals surface area (Å²) in [6, 6.07) is 5.25. The summed E-state index contributed by atoms with van der Waals surface area (Å²) in [5.41, 5.74) is 0. The zero-order chi connectivity index (χ0) is 18.1. The number of piperidine rings is 1. The Morgan fingerprint density at radius 2 is 2.04 bits per heavy atom. The van der Waals surface area contributed by atoms with Crippen LogP contribution >= 0.6 is 47.2 Å². The van der Waals surface area contributed by atoms with Gasteiger partial charge in [0.25, 0.3) is 0 Å². The van der Waals surface area contributed by atoms with Gasteiger partial charge in [-0.15, -0.1) is 24.0 Å². The molecular weight excluding hydrogens is 488 g/mol. The number of ether oxygens (including phenoxy) is 2. The summed E-state index contributed by atoms with van der Waals surface area (Å²) in [6.07, 6.45) is 3.34. The van der Waals surface area contributed by atoms with E-state index in [2.05, 4.69) is 15.2 Å². The lowest BCUT2D eigenvalue weighted by atomic mass is 10.1. The second-order valence-corrected chi connectivity index (χ2v) is 6.74. The molecule has 1 aromatic carbocycles. The number of hydrogen-bond donors (Lipinski definition) is 1. The molecule has 1 aliphatic heterocycles. The molecule has 0 aromatic heterocycles. The first-order chi connectivity index (χ1) is 12.1. The summed E-state index contributed by atoms with van der Waals surface area (Å²) in [5.74, 6) is 1.60. The highest BCUT2D eigenvalue weighted by atomic mass is 127. The van der Waals surface area contributed by atoms with Gasteiger partial charge in [0.05, 0.1) is 17.7 Å². The third-order valence-electron chi connectivity index (χ3n) is 4.11. The van der Waals surface area contributed by atoms with E-state index < -0.39 is 0 Å². The maximum atomic E-state index is 6.09. The van der Waals surface area contributed by atoms with E-state index in [4.69, 9.17) is 32.7 Å². The van der Waals surface area contributed by atoms with Crippen molar-refractivity contribution in [1.29, 1.82) is 0 Å². The summed E-state index contributed by atoms with van der Waals surface area (Å²) in [4.78, 5) is 6.66. The first-order valence-electron chi connectivity index (χ1n) is 8.79. The van der Waals surface area contributed by atoms with E-state index in [0.29, 0.717) is 28.5 Å². The molecule has 1 saturated heterocycles. The molecule has 0 aliphatic carbocycles. The summed E-state index contributed by atoms with van der Waals surface area (Å²) >= 11 is 12.0. The molecule has 0 atom stereocenters. The van der Waals surface area contributed by atoms with Crippen LogP contribution in [0.15, 0.2) is 23.2 Å². The molecule has 1 aromatic rings. The Morgan fingerprint density at radius 1 is 1.31 bits per heavy atom. The van der Waals surface area contributed by atoms with Crippen LogP contribution in [-0.2, 0) is 4.74 Å². The molecule has 1 fully saturated rings. The third-order valence-corrected chi connectivity index (χ3v) is 4.64. The van der Waals surface area contributed by atoms with Gasteiger partial charge in [-0.3, -0.25) is 4.99 Å². The zero-order valence-corrected chi connectivity index (χ0v) is 19.2. The molecule has 0 amide bonds. The largest absolute Gasteiger partial charge is 0.492 e. The van der Waals surface area contributed by atoms with Crippen molar-refractivity contribution >= 4 is 53.1 Å². The minimum absolute atomic E-state index is 0. The van der Waals surface area contributed by atoms with Gasteiger partial charge in [-0.1, -0.05) is 23.2 Å². The minimum Gasteiger partial charge on any atom is -0.492 e. The molecule has 5 nitrogen and oxygen atoms in total. The van der Waals surface area contributed by atoms with Crippen molar-refractivity contribution in [2.45, 2.75) is 32.3 Å². The summed E-state index contributed by atoms with van der Waals surface area (Å²) in [5, 5.41) is 4.54. The van der Waals surface area contributed by atoms with Gasteiger partial charge in [0.15, 0.2) is 5.96 Å². The van der Waals surface area contributed by atoms with Crippen molar-refractivity contribution in [2.75, 3.05) is 39.9 Å². The van der Waals surface area contributed by atoms with Crippen LogP contribution in [0.3, 0.4) is 0 Å². The highest BCUT2D eigenvalue weighted by molar-refractivity contribution is 14.0. The lowest BCUT2D eigenvalue weighted by molar-refractivity contribution is 0.0264. The van der Waals surface area contributed by atoms with E-state index in [1.54, 1.807) is 18.2 Å². The average molecular weight is 516 g/mol. The van der Waals surface area contributed by atoms with E-state index in [1.165, 1.54) is 0 Å². The van der Waals surface area contributed by atoms with E-state index in [0.717, 1.165) is 51.5 Å². The fourth-order valence-corrected chi connectivity index (χ4v) is 3.31. The summed E-state index contributed by atoms with van der Waals surface area (Å²) in [7, 11) is 1.82. The second-order valence-electron chi connectivity index (χ2n) is 5.89. The Morgan fingerprint density at radius 3 is 2.65 bits per heavy atom. The summed E-state index contributed by atoms with van der Waals surface area (Å²) < 4.78 is 11.4. The molecule has 2 rings (SSSR count). The molecule has 0 radical (unpaired) electrons. The molecule has 0 bridgehead atoms. The molecule has 1 aliphatic rings. The lowest BCUT2D eigenvalue weighted by Gasteiger charge is -2.34. The van der Waals surface area contributed by atoms with E-state index in [1.807, 2.05) is 14.0 Å². The van der Waals surface area contributed by atoms with Gasteiger partial charge in [-0.25, -0.2) is 0 Å². The van der Waals surface area contributed by atoms with Crippen LogP contribution < -0.4 is 10.1 Å². The van der Waals surface area contributed by atoms with Gasteiger partial charge >= 0.3 is 0 Å². The van der Waals surface area contributed by atoms with Gasteiger partial charge in [-0.05, 0) is 44.4 Å². The Hall–Kier alpha value is -0.440. The smallest absolute Gasteiger partial charge is 0.193 e. The molecule has 0 spiro atoms. The number of benzene rings is 1. The maximum absolute atomic E-state index is 6.09. The number of halogens is 3. The highest BCUT2D eigenvalue weighted by Gasteiger charge is 2.21. The molecule has 148 valence electrons. The van der Waals surface area contributed by atoms with Crippen LogP contribution in [0.5, 0.6) is 5.75 Å². The number of aliphatic imine (C=N–C) groups is 1. The average Bonchev–Trinajstić information content (AvgIpc) is 2.61. The number of rotatable bonds is 7. The van der Waals surface area contributed by atoms with E-state index in [9.17, 15) is 0 Å². The first kappa shape index (κ1) is 23.6. The Kier molecular flexibility index (Phi) is 11.7. The number of guanidine groups is 1.